The molecule has 0 fully saturated rings. The zero-order chi connectivity index (χ0) is 22.4. The minimum Gasteiger partial charge on any atom is -0.497 e. The molecule has 3 rings (SSSR count). The summed E-state index contributed by atoms with van der Waals surface area (Å²) in [7, 11) is 3.03. The number of hydrogen-bond donors (Lipinski definition) is 1. The van der Waals surface area contributed by atoms with Gasteiger partial charge in [0.2, 0.25) is 5.69 Å². The van der Waals surface area contributed by atoms with Crippen LogP contribution in [0.1, 0.15) is 21.6 Å². The Balaban J connectivity index is 2.11. The first-order valence-electron chi connectivity index (χ1n) is 9.66. The fraction of sp³-hybridized carbons (Fsp3) is 0.273. The van der Waals surface area contributed by atoms with E-state index in [-0.39, 0.29) is 25.4 Å². The molecule has 162 valence electrons. The monoisotopic (exact) mass is 424 g/mol. The summed E-state index contributed by atoms with van der Waals surface area (Å²) in [5, 5.41) is 6.65. The molecule has 0 atom stereocenters. The summed E-state index contributed by atoms with van der Waals surface area (Å²) < 4.78 is 12.1. The van der Waals surface area contributed by atoms with Crippen molar-refractivity contribution in [3.8, 4) is 11.4 Å². The van der Waals surface area contributed by atoms with Crippen molar-refractivity contribution in [1.29, 1.82) is 0 Å². The molecule has 9 nitrogen and oxygen atoms in total. The molecular weight excluding hydrogens is 400 g/mol. The van der Waals surface area contributed by atoms with Gasteiger partial charge in [-0.05, 0) is 36.8 Å². The number of ether oxygens (including phenoxy) is 2. The van der Waals surface area contributed by atoms with Crippen molar-refractivity contribution in [2.75, 3.05) is 27.4 Å². The average molecular weight is 424 g/mol. The fourth-order valence-corrected chi connectivity index (χ4v) is 2.91. The first-order valence-corrected chi connectivity index (χ1v) is 9.66. The van der Waals surface area contributed by atoms with Crippen molar-refractivity contribution in [3.63, 3.8) is 0 Å². The Morgan fingerprint density at radius 3 is 2.32 bits per heavy atom. The van der Waals surface area contributed by atoms with Gasteiger partial charge in [-0.2, -0.15) is 9.78 Å². The Kier molecular flexibility index (Phi) is 6.99. The standard InChI is InChI=1S/C22H24N4O5/c1-15-4-6-16(7-5-15)14-25-21(28)19(20(27)23-12-13-30-2)24-26(22(25)29)17-8-10-18(31-3)11-9-17/h4-11H,12-14H2,1-3H3,(H,23,27). The van der Waals surface area contributed by atoms with Crippen LogP contribution < -0.4 is 21.3 Å². The van der Waals surface area contributed by atoms with E-state index >= 15 is 0 Å². The summed E-state index contributed by atoms with van der Waals surface area (Å²) in [6.07, 6.45) is 0. The Labute approximate surface area is 178 Å². The van der Waals surface area contributed by atoms with Crippen molar-refractivity contribution in [1.82, 2.24) is 19.7 Å². The average Bonchev–Trinajstić information content (AvgIpc) is 2.78. The molecule has 9 heteroatoms. The van der Waals surface area contributed by atoms with Crippen LogP contribution in [0, 0.1) is 6.92 Å². The van der Waals surface area contributed by atoms with Crippen LogP contribution in [-0.2, 0) is 11.3 Å². The lowest BCUT2D eigenvalue weighted by Crippen LogP contribution is -2.46. The predicted molar refractivity (Wildman–Crippen MR) is 115 cm³/mol. The van der Waals surface area contributed by atoms with E-state index in [1.807, 2.05) is 31.2 Å². The van der Waals surface area contributed by atoms with E-state index in [1.165, 1.54) is 14.2 Å². The molecule has 0 unspecified atom stereocenters. The van der Waals surface area contributed by atoms with Gasteiger partial charge < -0.3 is 14.8 Å². The van der Waals surface area contributed by atoms with E-state index in [2.05, 4.69) is 10.4 Å². The van der Waals surface area contributed by atoms with Crippen LogP contribution >= 0.6 is 0 Å². The van der Waals surface area contributed by atoms with Gasteiger partial charge in [0.1, 0.15) is 5.75 Å². The van der Waals surface area contributed by atoms with E-state index in [1.54, 1.807) is 24.3 Å². The van der Waals surface area contributed by atoms with Gasteiger partial charge in [-0.25, -0.2) is 4.79 Å². The van der Waals surface area contributed by atoms with Gasteiger partial charge in [-0.1, -0.05) is 29.8 Å². The molecule has 1 N–H and O–H groups in total. The maximum Gasteiger partial charge on any atom is 0.352 e. The number of amides is 1. The topological polar surface area (TPSA) is 104 Å². The largest absolute Gasteiger partial charge is 0.497 e. The highest BCUT2D eigenvalue weighted by atomic mass is 16.5. The maximum absolute atomic E-state index is 13.1. The Hall–Kier alpha value is -3.72. The molecule has 0 radical (unpaired) electrons. The van der Waals surface area contributed by atoms with E-state index < -0.39 is 17.2 Å². The second kappa shape index (κ2) is 9.86. The highest BCUT2D eigenvalue weighted by molar-refractivity contribution is 5.91. The SMILES string of the molecule is COCCNC(=O)c1nn(-c2ccc(OC)cc2)c(=O)n(Cc2ccc(C)cc2)c1=O. The van der Waals surface area contributed by atoms with Crippen molar-refractivity contribution in [2.24, 2.45) is 0 Å². The number of hydrogen-bond acceptors (Lipinski definition) is 6. The van der Waals surface area contributed by atoms with E-state index in [9.17, 15) is 14.4 Å². The first-order chi connectivity index (χ1) is 14.9. The number of nitrogens with zero attached hydrogens (tertiary/aromatic N) is 3. The van der Waals surface area contributed by atoms with Crippen LogP contribution in [0.3, 0.4) is 0 Å². The zero-order valence-electron chi connectivity index (χ0n) is 17.6. The molecule has 2 aromatic carbocycles. The van der Waals surface area contributed by atoms with Crippen molar-refractivity contribution in [2.45, 2.75) is 13.5 Å². The molecule has 0 aliphatic rings. The predicted octanol–water partition coefficient (Wildman–Crippen LogP) is 1.14. The van der Waals surface area contributed by atoms with E-state index in [4.69, 9.17) is 9.47 Å². The molecule has 0 aliphatic carbocycles. The van der Waals surface area contributed by atoms with Gasteiger partial charge >= 0.3 is 5.69 Å². The smallest absolute Gasteiger partial charge is 0.352 e. The Morgan fingerprint density at radius 1 is 1.03 bits per heavy atom. The Bertz CT molecular complexity index is 1160. The third-order valence-corrected chi connectivity index (χ3v) is 4.64. The molecule has 0 bridgehead atoms. The van der Waals surface area contributed by atoms with Gasteiger partial charge in [-0.3, -0.25) is 14.2 Å². The summed E-state index contributed by atoms with van der Waals surface area (Å²) in [4.78, 5) is 38.7. The summed E-state index contributed by atoms with van der Waals surface area (Å²) in [6.45, 7) is 2.44. The van der Waals surface area contributed by atoms with Crippen LogP contribution in [-0.4, -0.2) is 47.6 Å². The molecule has 0 saturated heterocycles. The minimum absolute atomic E-state index is 0.00890. The van der Waals surface area contributed by atoms with E-state index in [0.29, 0.717) is 11.4 Å². The number of aryl methyl sites for hydroxylation is 1. The number of aromatic nitrogens is 3. The molecular formula is C22H24N4O5. The summed E-state index contributed by atoms with van der Waals surface area (Å²) in [5.41, 5.74) is 0.421. The third kappa shape index (κ3) is 5.07. The van der Waals surface area contributed by atoms with Crippen LogP contribution in [0.5, 0.6) is 5.75 Å². The van der Waals surface area contributed by atoms with Gasteiger partial charge in [0.15, 0.2) is 0 Å². The first kappa shape index (κ1) is 22.0. The van der Waals surface area contributed by atoms with Crippen LogP contribution in [0.25, 0.3) is 5.69 Å². The molecule has 31 heavy (non-hydrogen) atoms. The third-order valence-electron chi connectivity index (χ3n) is 4.64. The quantitative estimate of drug-likeness (QED) is 0.544. The van der Waals surface area contributed by atoms with Gasteiger partial charge in [0.05, 0.1) is 25.9 Å². The highest BCUT2D eigenvalue weighted by Gasteiger charge is 2.20. The molecule has 1 amide bonds. The number of carbonyl (C=O) groups is 1. The molecule has 1 aromatic heterocycles. The Morgan fingerprint density at radius 2 is 1.71 bits per heavy atom. The number of methoxy groups -OCH3 is 2. The second-order valence-corrected chi connectivity index (χ2v) is 6.87. The molecule has 0 spiro atoms. The van der Waals surface area contributed by atoms with Crippen molar-refractivity contribution in [3.05, 3.63) is 86.2 Å². The van der Waals surface area contributed by atoms with E-state index in [0.717, 1.165) is 20.4 Å². The molecule has 0 aliphatic heterocycles. The zero-order valence-corrected chi connectivity index (χ0v) is 17.6. The van der Waals surface area contributed by atoms with Crippen molar-refractivity contribution >= 4 is 5.91 Å². The molecule has 1 heterocycles. The number of rotatable bonds is 8. The summed E-state index contributed by atoms with van der Waals surface area (Å²) >= 11 is 0. The highest BCUT2D eigenvalue weighted by Crippen LogP contribution is 2.13. The minimum atomic E-state index is -0.759. The fourth-order valence-electron chi connectivity index (χ4n) is 2.91. The molecule has 3 aromatic rings. The van der Waals surface area contributed by atoms with Gasteiger partial charge in [0.25, 0.3) is 11.5 Å². The summed E-state index contributed by atoms with van der Waals surface area (Å²) in [6, 6.07) is 14.0. The van der Waals surface area contributed by atoms with Crippen LogP contribution in [0.15, 0.2) is 58.1 Å². The number of carbonyl (C=O) groups excluding carboxylic acids is 1. The normalized spacial score (nSPS) is 10.7. The van der Waals surface area contributed by atoms with Crippen molar-refractivity contribution < 1.29 is 14.3 Å². The summed E-state index contributed by atoms with van der Waals surface area (Å²) in [5.74, 6) is -0.0794. The maximum atomic E-state index is 13.1. The van der Waals surface area contributed by atoms with Gasteiger partial charge in [0, 0.05) is 13.7 Å². The second-order valence-electron chi connectivity index (χ2n) is 6.87. The number of benzene rings is 2. The lowest BCUT2D eigenvalue weighted by atomic mass is 10.1. The van der Waals surface area contributed by atoms with Crippen LogP contribution in [0.2, 0.25) is 0 Å². The van der Waals surface area contributed by atoms with Gasteiger partial charge in [-0.15, -0.1) is 0 Å². The molecule has 0 saturated carbocycles. The number of nitrogens with one attached hydrogen (secondary N) is 1. The van der Waals surface area contributed by atoms with Crippen LogP contribution in [0.4, 0.5) is 0 Å². The lowest BCUT2D eigenvalue weighted by molar-refractivity contribution is 0.0927. The lowest BCUT2D eigenvalue weighted by Gasteiger charge is -2.13.